The van der Waals surface area contributed by atoms with Crippen molar-refractivity contribution in [1.29, 1.82) is 0 Å². The Morgan fingerprint density at radius 2 is 2.17 bits per heavy atom. The highest BCUT2D eigenvalue weighted by Gasteiger charge is 2.39. The van der Waals surface area contributed by atoms with Gasteiger partial charge in [0.05, 0.1) is 0 Å². The van der Waals surface area contributed by atoms with Crippen LogP contribution in [0.15, 0.2) is 6.07 Å². The lowest BCUT2D eigenvalue weighted by molar-refractivity contribution is -0.121. The number of ether oxygens (including phenoxy) is 1. The van der Waals surface area contributed by atoms with E-state index in [4.69, 9.17) is 8.89 Å². The number of hydrogen-bond donors (Lipinski definition) is 1. The number of hydrogen-bond acceptors (Lipinski definition) is 2. The van der Waals surface area contributed by atoms with Crippen LogP contribution >= 0.6 is 0 Å². The zero-order valence-corrected chi connectivity index (χ0v) is 15.6. The molecule has 0 fully saturated rings. The third-order valence-electron chi connectivity index (χ3n) is 6.12. The van der Waals surface area contributed by atoms with Crippen LogP contribution in [-0.4, -0.2) is 18.1 Å². The van der Waals surface area contributed by atoms with Gasteiger partial charge in [-0.1, -0.05) is 26.8 Å². The molecule has 1 N–H and O–H groups in total. The SMILES string of the molecule is [2H]N(C(=O)C([2H])([2H])C)C(C)C(C)[C@@H]1CCc2cc(C)c3c(c21)C(C)C(C)O3. The second-order valence-electron chi connectivity index (χ2n) is 7.55. The molecule has 1 aromatic carbocycles. The quantitative estimate of drug-likeness (QED) is 0.884. The molecule has 1 aromatic rings. The molecule has 3 nitrogen and oxygen atoms in total. The van der Waals surface area contributed by atoms with E-state index in [0.717, 1.165) is 23.9 Å². The highest BCUT2D eigenvalue weighted by Crippen LogP contribution is 2.51. The molecule has 0 radical (unpaired) electrons. The van der Waals surface area contributed by atoms with E-state index in [-0.39, 0.29) is 24.0 Å². The van der Waals surface area contributed by atoms with Crippen molar-refractivity contribution in [3.8, 4) is 5.75 Å². The van der Waals surface area contributed by atoms with E-state index in [2.05, 4.69) is 33.8 Å². The first-order valence-corrected chi connectivity index (χ1v) is 9.10. The lowest BCUT2D eigenvalue weighted by atomic mass is 9.79. The van der Waals surface area contributed by atoms with Crippen molar-refractivity contribution < 1.29 is 13.7 Å². The Morgan fingerprint density at radius 3 is 2.83 bits per heavy atom. The summed E-state index contributed by atoms with van der Waals surface area (Å²) in [5.41, 5.74) is 5.23. The average Bonchev–Trinajstić information content (AvgIpc) is 3.13. The third kappa shape index (κ3) is 2.72. The van der Waals surface area contributed by atoms with Gasteiger partial charge in [-0.05, 0) is 62.1 Å². The highest BCUT2D eigenvalue weighted by molar-refractivity contribution is 5.75. The van der Waals surface area contributed by atoms with Crippen molar-refractivity contribution >= 4 is 5.91 Å². The molecule has 0 aromatic heterocycles. The molecule has 3 rings (SSSR count). The molecule has 1 amide bonds. The first kappa shape index (κ1) is 13.7. The number of benzene rings is 1. The van der Waals surface area contributed by atoms with E-state index in [0.29, 0.717) is 5.92 Å². The fourth-order valence-corrected chi connectivity index (χ4v) is 4.37. The van der Waals surface area contributed by atoms with Crippen molar-refractivity contribution in [3.63, 3.8) is 0 Å². The van der Waals surface area contributed by atoms with Gasteiger partial charge < -0.3 is 10.0 Å². The summed E-state index contributed by atoms with van der Waals surface area (Å²) in [7, 11) is 0. The Labute approximate surface area is 150 Å². The van der Waals surface area contributed by atoms with E-state index in [9.17, 15) is 4.79 Å². The molecule has 1 aliphatic carbocycles. The Balaban J connectivity index is 1.94. The first-order chi connectivity index (χ1) is 12.4. The zero-order chi connectivity index (χ0) is 20.3. The summed E-state index contributed by atoms with van der Waals surface area (Å²) in [6, 6.07) is 1.88. The lowest BCUT2D eigenvalue weighted by Crippen LogP contribution is -2.38. The molecule has 2 aliphatic rings. The van der Waals surface area contributed by atoms with Gasteiger partial charge in [0.25, 0.3) is 0 Å². The van der Waals surface area contributed by atoms with Gasteiger partial charge in [-0.2, -0.15) is 0 Å². The van der Waals surface area contributed by atoms with Crippen LogP contribution in [0.3, 0.4) is 0 Å². The second kappa shape index (κ2) is 6.42. The van der Waals surface area contributed by atoms with Crippen molar-refractivity contribution in [3.05, 3.63) is 28.3 Å². The van der Waals surface area contributed by atoms with E-state index >= 15 is 0 Å². The van der Waals surface area contributed by atoms with Gasteiger partial charge in [-0.3, -0.25) is 4.79 Å². The van der Waals surface area contributed by atoms with Gasteiger partial charge in [0.15, 0.2) is 1.41 Å². The van der Waals surface area contributed by atoms with Crippen molar-refractivity contribution in [2.75, 3.05) is 0 Å². The maximum atomic E-state index is 12.2. The minimum Gasteiger partial charge on any atom is -0.490 e. The summed E-state index contributed by atoms with van der Waals surface area (Å²) in [6.07, 6.45) is 0.131. The maximum absolute atomic E-state index is 12.2. The van der Waals surface area contributed by atoms with Crippen LogP contribution in [0.25, 0.3) is 0 Å². The van der Waals surface area contributed by atoms with Crippen molar-refractivity contribution in [2.45, 2.75) is 84.7 Å². The van der Waals surface area contributed by atoms with Gasteiger partial charge in [0, 0.05) is 26.6 Å². The molecule has 0 bridgehead atoms. The summed E-state index contributed by atoms with van der Waals surface area (Å²) in [6.45, 7) is 11.6. The maximum Gasteiger partial charge on any atom is 0.219 e. The van der Waals surface area contributed by atoms with E-state index < -0.39 is 12.3 Å². The molecular weight excluding hydrogens is 298 g/mol. The van der Waals surface area contributed by atoms with E-state index in [1.165, 1.54) is 29.2 Å². The van der Waals surface area contributed by atoms with Crippen LogP contribution < -0.4 is 10.0 Å². The number of carbonyl (C=O) groups is 1. The summed E-state index contributed by atoms with van der Waals surface area (Å²) < 4.78 is 29.6. The molecular formula is C21H31NO2. The molecule has 1 heterocycles. The standard InChI is InChI=1S/C21H31NO2/c1-7-18(23)22-14(5)12(3)17-9-8-16-10-11(2)21-19(20(16)17)13(4)15(6)24-21/h10,12-15,17H,7-9H2,1-6H3,(H,22,23)/t12?,13?,14?,15?,17-/m0/s1/i7D2/hD. The van der Waals surface area contributed by atoms with Crippen molar-refractivity contribution in [2.24, 2.45) is 5.92 Å². The molecule has 4 unspecified atom stereocenters. The minimum absolute atomic E-state index is 0.0602. The predicted octanol–water partition coefficient (Wildman–Crippen LogP) is 4.46. The summed E-state index contributed by atoms with van der Waals surface area (Å²) >= 11 is 0. The Morgan fingerprint density at radius 1 is 1.46 bits per heavy atom. The van der Waals surface area contributed by atoms with Crippen LogP contribution in [0.2, 0.25) is 1.41 Å². The van der Waals surface area contributed by atoms with Gasteiger partial charge in [-0.25, -0.2) is 0 Å². The number of carbonyl (C=O) groups excluding carboxylic acids is 1. The Kier molecular flexibility index (Phi) is 3.68. The van der Waals surface area contributed by atoms with Crippen LogP contribution in [0, 0.1) is 12.8 Å². The number of nitrogens with one attached hydrogen (secondary N) is 1. The van der Waals surface area contributed by atoms with Gasteiger partial charge in [-0.15, -0.1) is 0 Å². The summed E-state index contributed by atoms with van der Waals surface area (Å²) in [5.74, 6) is 0.882. The lowest BCUT2D eigenvalue weighted by Gasteiger charge is -2.29. The average molecular weight is 333 g/mol. The topological polar surface area (TPSA) is 38.3 Å². The molecule has 0 spiro atoms. The fraction of sp³-hybridized carbons (Fsp3) is 0.667. The minimum atomic E-state index is -2.03. The molecule has 3 heteroatoms. The number of aryl methyl sites for hydroxylation is 2. The first-order valence-electron chi connectivity index (χ1n) is 10.5. The zero-order valence-electron chi connectivity index (χ0n) is 18.6. The Bertz CT molecular complexity index is 759. The fourth-order valence-electron chi connectivity index (χ4n) is 4.37. The van der Waals surface area contributed by atoms with Gasteiger partial charge in [0.2, 0.25) is 5.91 Å². The largest absolute Gasteiger partial charge is 0.490 e. The second-order valence-corrected chi connectivity index (χ2v) is 7.55. The number of fused-ring (bicyclic) bond motifs is 3. The normalized spacial score (nSPS) is 29.6. The highest BCUT2D eigenvalue weighted by atomic mass is 16.5. The number of amides is 1. The Hall–Kier alpha value is -1.51. The molecule has 0 saturated carbocycles. The van der Waals surface area contributed by atoms with Crippen LogP contribution in [0.4, 0.5) is 0 Å². The number of rotatable bonds is 4. The van der Waals surface area contributed by atoms with Crippen LogP contribution in [-0.2, 0) is 11.2 Å². The molecule has 5 atom stereocenters. The van der Waals surface area contributed by atoms with Crippen LogP contribution in [0.1, 0.15) is 84.2 Å². The monoisotopic (exact) mass is 332 g/mol. The van der Waals surface area contributed by atoms with Gasteiger partial charge >= 0.3 is 0 Å². The molecule has 1 aliphatic heterocycles. The predicted molar refractivity (Wildman–Crippen MR) is 97.8 cm³/mol. The van der Waals surface area contributed by atoms with Gasteiger partial charge in [0.1, 0.15) is 11.9 Å². The summed E-state index contributed by atoms with van der Waals surface area (Å²) in [4.78, 5) is 12.2. The van der Waals surface area contributed by atoms with E-state index in [1.807, 2.05) is 6.92 Å². The summed E-state index contributed by atoms with van der Waals surface area (Å²) in [5, 5.41) is 0.847. The third-order valence-corrected chi connectivity index (χ3v) is 6.12. The van der Waals surface area contributed by atoms with E-state index in [1.54, 1.807) is 0 Å². The molecule has 24 heavy (non-hydrogen) atoms. The van der Waals surface area contributed by atoms with Crippen LogP contribution in [0.5, 0.6) is 5.75 Å². The molecule has 132 valence electrons. The smallest absolute Gasteiger partial charge is 0.219 e. The van der Waals surface area contributed by atoms with Crippen molar-refractivity contribution in [1.82, 2.24) is 5.31 Å². The molecule has 0 saturated heterocycles.